The average Bonchev–Trinajstić information content (AvgIpc) is 3.31. The summed E-state index contributed by atoms with van der Waals surface area (Å²) in [4.78, 5) is 7.89. The van der Waals surface area contributed by atoms with E-state index in [9.17, 15) is 18.3 Å². The molecule has 1 N–H and O–H groups in total. The Balaban J connectivity index is 1.53. The molecule has 0 amide bonds. The van der Waals surface area contributed by atoms with Gasteiger partial charge in [0.2, 0.25) is 0 Å². The molecule has 2 atom stereocenters. The highest BCUT2D eigenvalue weighted by molar-refractivity contribution is 6.30. The number of rotatable bonds is 7. The maximum atomic E-state index is 14.8. The van der Waals surface area contributed by atoms with Gasteiger partial charge in [0.05, 0.1) is 12.2 Å². The van der Waals surface area contributed by atoms with Gasteiger partial charge in [0.15, 0.2) is 0 Å². The van der Waals surface area contributed by atoms with E-state index in [1.165, 1.54) is 29.5 Å². The summed E-state index contributed by atoms with van der Waals surface area (Å²) < 4.78 is 44.2. The molecule has 3 aromatic rings. The van der Waals surface area contributed by atoms with Gasteiger partial charge in [0.25, 0.3) is 0 Å². The summed E-state index contributed by atoms with van der Waals surface area (Å²) in [5.74, 6) is -1.91. The van der Waals surface area contributed by atoms with E-state index in [1.54, 1.807) is 12.1 Å². The van der Waals surface area contributed by atoms with Crippen LogP contribution in [-0.4, -0.2) is 57.0 Å². The van der Waals surface area contributed by atoms with Gasteiger partial charge in [0, 0.05) is 48.9 Å². The highest BCUT2D eigenvalue weighted by atomic mass is 35.5. The Bertz CT molecular complexity index is 1120. The topological polar surface area (TPSA) is 57.4 Å². The van der Waals surface area contributed by atoms with Crippen LogP contribution in [0.4, 0.5) is 18.9 Å². The molecule has 1 saturated heterocycles. The molecule has 0 bridgehead atoms. The van der Waals surface area contributed by atoms with Gasteiger partial charge < -0.3 is 10.0 Å². The van der Waals surface area contributed by atoms with Crippen molar-refractivity contribution in [2.24, 2.45) is 0 Å². The van der Waals surface area contributed by atoms with Crippen molar-refractivity contribution in [1.29, 1.82) is 0 Å². The zero-order chi connectivity index (χ0) is 24.5. The summed E-state index contributed by atoms with van der Waals surface area (Å²) in [7, 11) is 1.85. The minimum absolute atomic E-state index is 0.000577. The van der Waals surface area contributed by atoms with Crippen LogP contribution in [0.3, 0.4) is 0 Å². The lowest BCUT2D eigenvalue weighted by Crippen LogP contribution is -2.55. The van der Waals surface area contributed by atoms with Gasteiger partial charge in [-0.25, -0.2) is 22.8 Å². The average molecular weight is 494 g/mol. The molecule has 0 spiro atoms. The molecular formula is C24H27ClF3N5O. The third-order valence-corrected chi connectivity index (χ3v) is 7.08. The van der Waals surface area contributed by atoms with Crippen LogP contribution in [0.2, 0.25) is 5.02 Å². The molecule has 4 rings (SSSR count). The first kappa shape index (κ1) is 24.5. The number of halogens is 4. The summed E-state index contributed by atoms with van der Waals surface area (Å²) >= 11 is 5.88. The first-order chi connectivity index (χ1) is 16.2. The molecule has 2 aromatic carbocycles. The molecule has 6 nitrogen and oxygen atoms in total. The maximum absolute atomic E-state index is 14.8. The van der Waals surface area contributed by atoms with Gasteiger partial charge >= 0.3 is 0 Å². The normalized spacial score (nSPS) is 18.0. The number of aromatic nitrogens is 3. The first-order valence-corrected chi connectivity index (χ1v) is 11.5. The maximum Gasteiger partial charge on any atom is 0.147 e. The first-order valence-electron chi connectivity index (χ1n) is 11.1. The lowest BCUT2D eigenvalue weighted by atomic mass is 9.84. The molecule has 1 aromatic heterocycles. The molecule has 1 aliphatic heterocycles. The summed E-state index contributed by atoms with van der Waals surface area (Å²) in [6, 6.07) is 7.39. The van der Waals surface area contributed by atoms with Crippen LogP contribution in [0.5, 0.6) is 0 Å². The number of likely N-dealkylation sites (tertiary alicyclic amines) is 1. The number of hydrogen-bond acceptors (Lipinski definition) is 5. The summed E-state index contributed by atoms with van der Waals surface area (Å²) in [6.45, 7) is 2.98. The predicted octanol–water partition coefficient (Wildman–Crippen LogP) is 4.23. The van der Waals surface area contributed by atoms with Crippen LogP contribution in [0.25, 0.3) is 0 Å². The second-order valence-electron chi connectivity index (χ2n) is 8.79. The molecule has 0 radical (unpaired) electrons. The molecular weight excluding hydrogens is 467 g/mol. The number of anilines is 1. The van der Waals surface area contributed by atoms with Crippen molar-refractivity contribution >= 4 is 17.3 Å². The predicted molar refractivity (Wildman–Crippen MR) is 124 cm³/mol. The van der Waals surface area contributed by atoms with Crippen molar-refractivity contribution in [1.82, 2.24) is 19.7 Å². The van der Waals surface area contributed by atoms with Gasteiger partial charge in [0.1, 0.15) is 35.7 Å². The zero-order valence-corrected chi connectivity index (χ0v) is 19.8. The van der Waals surface area contributed by atoms with Crippen molar-refractivity contribution in [3.05, 3.63) is 77.1 Å². The number of hydrogen-bond donors (Lipinski definition) is 1. The van der Waals surface area contributed by atoms with E-state index in [1.807, 2.05) is 18.9 Å². The second-order valence-corrected chi connectivity index (χ2v) is 9.23. The Morgan fingerprint density at radius 3 is 2.50 bits per heavy atom. The van der Waals surface area contributed by atoms with Crippen molar-refractivity contribution in [2.45, 2.75) is 44.0 Å². The molecule has 10 heteroatoms. The number of aliphatic hydroxyl groups is 1. The highest BCUT2D eigenvalue weighted by Crippen LogP contribution is 2.35. The Kier molecular flexibility index (Phi) is 7.16. The lowest BCUT2D eigenvalue weighted by molar-refractivity contribution is -0.0690. The molecule has 1 fully saturated rings. The molecule has 0 unspecified atom stereocenters. The van der Waals surface area contributed by atoms with Crippen molar-refractivity contribution in [2.75, 3.05) is 25.0 Å². The van der Waals surface area contributed by atoms with Crippen LogP contribution >= 0.6 is 11.6 Å². The van der Waals surface area contributed by atoms with E-state index in [-0.39, 0.29) is 24.0 Å². The van der Waals surface area contributed by atoms with Gasteiger partial charge in [-0.2, -0.15) is 5.10 Å². The fraction of sp³-hybridized carbons (Fsp3) is 0.417. The minimum atomic E-state index is -1.69. The summed E-state index contributed by atoms with van der Waals surface area (Å²) in [5, 5.41) is 16.2. The van der Waals surface area contributed by atoms with Crippen LogP contribution in [-0.2, 0) is 12.1 Å². The Hall–Kier alpha value is -2.62. The van der Waals surface area contributed by atoms with Crippen molar-refractivity contribution < 1.29 is 18.3 Å². The van der Waals surface area contributed by atoms with Crippen LogP contribution in [0.1, 0.15) is 25.3 Å². The Morgan fingerprint density at radius 1 is 1.15 bits per heavy atom. The van der Waals surface area contributed by atoms with E-state index in [0.29, 0.717) is 36.6 Å². The van der Waals surface area contributed by atoms with Gasteiger partial charge in [-0.3, -0.25) is 4.90 Å². The molecule has 1 aliphatic rings. The standard InChI is InChI=1S/C24H27ClF3N5O/c1-16(24(34,13-33-15-29-14-30-33)20-5-4-18(26)12-21(20)27)32-9-7-19(8-10-32)31(2)23-6-3-17(25)11-22(23)28/h3-6,11-12,14-16,19,34H,7-10,13H2,1-2H3/t16-,24-/m1/s1. The van der Waals surface area contributed by atoms with Gasteiger partial charge in [-0.1, -0.05) is 17.7 Å². The molecule has 34 heavy (non-hydrogen) atoms. The number of nitrogens with zero attached hydrogens (tertiary/aromatic N) is 5. The molecule has 182 valence electrons. The van der Waals surface area contributed by atoms with E-state index in [4.69, 9.17) is 11.6 Å². The van der Waals surface area contributed by atoms with Crippen LogP contribution in [0, 0.1) is 17.5 Å². The van der Waals surface area contributed by atoms with Crippen molar-refractivity contribution in [3.63, 3.8) is 0 Å². The zero-order valence-electron chi connectivity index (χ0n) is 19.0. The summed E-state index contributed by atoms with van der Waals surface area (Å²) in [6.07, 6.45) is 4.22. The number of benzene rings is 2. The second kappa shape index (κ2) is 9.93. The third kappa shape index (κ3) is 4.92. The lowest BCUT2D eigenvalue weighted by Gasteiger charge is -2.45. The fourth-order valence-corrected chi connectivity index (χ4v) is 4.93. The third-order valence-electron chi connectivity index (χ3n) is 6.84. The fourth-order valence-electron chi connectivity index (χ4n) is 4.77. The Labute approximate surface area is 201 Å². The Morgan fingerprint density at radius 2 is 1.88 bits per heavy atom. The molecule has 2 heterocycles. The van der Waals surface area contributed by atoms with E-state index in [2.05, 4.69) is 15.0 Å². The van der Waals surface area contributed by atoms with Gasteiger partial charge in [-0.05, 0) is 44.0 Å². The van der Waals surface area contributed by atoms with Crippen LogP contribution < -0.4 is 4.90 Å². The van der Waals surface area contributed by atoms with Crippen molar-refractivity contribution in [3.8, 4) is 0 Å². The smallest absolute Gasteiger partial charge is 0.147 e. The van der Waals surface area contributed by atoms with E-state index >= 15 is 0 Å². The monoisotopic (exact) mass is 493 g/mol. The van der Waals surface area contributed by atoms with Gasteiger partial charge in [-0.15, -0.1) is 0 Å². The minimum Gasteiger partial charge on any atom is -0.381 e. The molecule has 0 aliphatic carbocycles. The van der Waals surface area contributed by atoms with Crippen LogP contribution in [0.15, 0.2) is 49.1 Å². The quantitative estimate of drug-likeness (QED) is 0.534. The summed E-state index contributed by atoms with van der Waals surface area (Å²) in [5.41, 5.74) is -1.21. The molecule has 0 saturated carbocycles. The van der Waals surface area contributed by atoms with E-state index in [0.717, 1.165) is 12.1 Å². The van der Waals surface area contributed by atoms with E-state index < -0.39 is 23.3 Å². The number of piperidine rings is 1. The largest absolute Gasteiger partial charge is 0.381 e. The highest BCUT2D eigenvalue weighted by Gasteiger charge is 2.43. The SMILES string of the molecule is C[C@@H](N1CCC(N(C)c2ccc(Cl)cc2F)CC1)[C@](O)(Cn1cncn1)c1ccc(F)cc1F.